The van der Waals surface area contributed by atoms with Crippen LogP contribution in [0.15, 0.2) is 46.2 Å². The molecule has 0 aromatic heterocycles. The Hall–Kier alpha value is -1.06. The summed E-state index contributed by atoms with van der Waals surface area (Å²) < 4.78 is 5.78. The molecular formula is C14H14OS2. The summed E-state index contributed by atoms with van der Waals surface area (Å²) in [6, 6.07) is 11.6. The molecule has 2 aromatic carbocycles. The molecule has 0 spiro atoms. The molecule has 0 atom stereocenters. The lowest BCUT2D eigenvalue weighted by Gasteiger charge is -2.10. The van der Waals surface area contributed by atoms with E-state index in [4.69, 9.17) is 4.74 Å². The number of benzene rings is 2. The van der Waals surface area contributed by atoms with Crippen molar-refractivity contribution in [1.29, 1.82) is 0 Å². The molecule has 0 N–H and O–H groups in total. The summed E-state index contributed by atoms with van der Waals surface area (Å²) in [5, 5.41) is 0. The van der Waals surface area contributed by atoms with Crippen molar-refractivity contribution in [2.24, 2.45) is 0 Å². The van der Waals surface area contributed by atoms with Gasteiger partial charge in [-0.3, -0.25) is 0 Å². The molecule has 1 nitrogen and oxygen atoms in total. The van der Waals surface area contributed by atoms with Gasteiger partial charge in [0.1, 0.15) is 11.5 Å². The maximum Gasteiger partial charge on any atom is 0.128 e. The van der Waals surface area contributed by atoms with Crippen LogP contribution in [0.3, 0.4) is 0 Å². The van der Waals surface area contributed by atoms with E-state index < -0.39 is 0 Å². The second-order valence-electron chi connectivity index (χ2n) is 4.00. The van der Waals surface area contributed by atoms with E-state index in [0.29, 0.717) is 0 Å². The first-order valence-electron chi connectivity index (χ1n) is 5.33. The van der Waals surface area contributed by atoms with Crippen LogP contribution in [0.25, 0.3) is 0 Å². The van der Waals surface area contributed by atoms with Crippen LogP contribution < -0.4 is 4.74 Å². The Morgan fingerprint density at radius 2 is 1.35 bits per heavy atom. The van der Waals surface area contributed by atoms with Crippen molar-refractivity contribution in [2.75, 3.05) is 0 Å². The van der Waals surface area contributed by atoms with Crippen LogP contribution >= 0.6 is 25.3 Å². The van der Waals surface area contributed by atoms with Crippen molar-refractivity contribution < 1.29 is 4.74 Å². The third kappa shape index (κ3) is 2.99. The van der Waals surface area contributed by atoms with Gasteiger partial charge in [0.15, 0.2) is 0 Å². The van der Waals surface area contributed by atoms with Crippen LogP contribution in [-0.2, 0) is 0 Å². The standard InChI is InChI=1S/C14H14OS2/c1-9-7-12(8-10(2)14(9)17)15-11-3-5-13(16)6-4-11/h3-8,16-17H,1-2H3. The molecule has 0 radical (unpaired) electrons. The van der Waals surface area contributed by atoms with E-state index in [-0.39, 0.29) is 0 Å². The van der Waals surface area contributed by atoms with Crippen molar-refractivity contribution in [2.45, 2.75) is 23.6 Å². The zero-order chi connectivity index (χ0) is 12.4. The minimum Gasteiger partial charge on any atom is -0.457 e. The Bertz CT molecular complexity index is 509. The van der Waals surface area contributed by atoms with Gasteiger partial charge in [-0.2, -0.15) is 0 Å². The summed E-state index contributed by atoms with van der Waals surface area (Å²) in [6.07, 6.45) is 0. The third-order valence-electron chi connectivity index (χ3n) is 2.54. The number of rotatable bonds is 2. The molecule has 0 aliphatic carbocycles. The minimum absolute atomic E-state index is 0.813. The molecule has 3 heteroatoms. The van der Waals surface area contributed by atoms with E-state index in [2.05, 4.69) is 25.3 Å². The molecule has 0 saturated heterocycles. The fourth-order valence-electron chi connectivity index (χ4n) is 1.63. The molecule has 0 heterocycles. The number of hydrogen-bond donors (Lipinski definition) is 2. The average Bonchev–Trinajstić information content (AvgIpc) is 2.29. The summed E-state index contributed by atoms with van der Waals surface area (Å²) in [7, 11) is 0. The van der Waals surface area contributed by atoms with E-state index in [1.165, 1.54) is 0 Å². The summed E-state index contributed by atoms with van der Waals surface area (Å²) >= 11 is 8.67. The van der Waals surface area contributed by atoms with Crippen LogP contribution in [0.1, 0.15) is 11.1 Å². The van der Waals surface area contributed by atoms with Crippen molar-refractivity contribution in [1.82, 2.24) is 0 Å². The molecule has 17 heavy (non-hydrogen) atoms. The lowest BCUT2D eigenvalue weighted by molar-refractivity contribution is 0.481. The molecule has 0 amide bonds. The molecule has 0 fully saturated rings. The molecule has 2 rings (SSSR count). The molecule has 0 aliphatic heterocycles. The SMILES string of the molecule is Cc1cc(Oc2ccc(S)cc2)cc(C)c1S. The predicted molar refractivity (Wildman–Crippen MR) is 76.9 cm³/mol. The summed E-state index contributed by atoms with van der Waals surface area (Å²) in [5.41, 5.74) is 2.24. The van der Waals surface area contributed by atoms with Gasteiger partial charge in [-0.1, -0.05) is 0 Å². The Balaban J connectivity index is 2.27. The number of hydrogen-bond acceptors (Lipinski definition) is 3. The predicted octanol–water partition coefficient (Wildman–Crippen LogP) is 4.67. The fourth-order valence-corrected chi connectivity index (χ4v) is 1.90. The second-order valence-corrected chi connectivity index (χ2v) is 4.97. The Labute approximate surface area is 113 Å². The smallest absolute Gasteiger partial charge is 0.128 e. The third-order valence-corrected chi connectivity index (χ3v) is 3.54. The van der Waals surface area contributed by atoms with Crippen LogP contribution in [0.5, 0.6) is 11.5 Å². The number of ether oxygens (including phenoxy) is 1. The van der Waals surface area contributed by atoms with Gasteiger partial charge in [0.25, 0.3) is 0 Å². The largest absolute Gasteiger partial charge is 0.457 e. The topological polar surface area (TPSA) is 9.23 Å². The highest BCUT2D eigenvalue weighted by molar-refractivity contribution is 7.80. The van der Waals surface area contributed by atoms with Gasteiger partial charge in [-0.25, -0.2) is 0 Å². The summed E-state index contributed by atoms with van der Waals surface area (Å²) in [6.45, 7) is 4.05. The quantitative estimate of drug-likeness (QED) is 0.748. The highest BCUT2D eigenvalue weighted by Gasteiger charge is 2.03. The summed E-state index contributed by atoms with van der Waals surface area (Å²) in [5.74, 6) is 1.65. The highest BCUT2D eigenvalue weighted by Crippen LogP contribution is 2.28. The van der Waals surface area contributed by atoms with Crippen molar-refractivity contribution in [3.05, 3.63) is 47.5 Å². The van der Waals surface area contributed by atoms with E-state index >= 15 is 0 Å². The first-order chi connectivity index (χ1) is 8.06. The maximum absolute atomic E-state index is 5.78. The molecule has 0 aliphatic rings. The lowest BCUT2D eigenvalue weighted by atomic mass is 10.1. The Morgan fingerprint density at radius 1 is 0.824 bits per heavy atom. The number of thiol groups is 2. The molecule has 0 saturated carbocycles. The van der Waals surface area contributed by atoms with Gasteiger partial charge in [0.05, 0.1) is 0 Å². The van der Waals surface area contributed by atoms with E-state index in [9.17, 15) is 0 Å². The van der Waals surface area contributed by atoms with Crippen LogP contribution in [0.2, 0.25) is 0 Å². The Kier molecular flexibility index (Phi) is 3.69. The van der Waals surface area contributed by atoms with Gasteiger partial charge in [0.2, 0.25) is 0 Å². The first kappa shape index (κ1) is 12.4. The molecular weight excluding hydrogens is 248 g/mol. The lowest BCUT2D eigenvalue weighted by Crippen LogP contribution is -1.88. The van der Waals surface area contributed by atoms with Gasteiger partial charge < -0.3 is 4.74 Å². The molecule has 88 valence electrons. The zero-order valence-electron chi connectivity index (χ0n) is 9.77. The molecule has 0 unspecified atom stereocenters. The number of aryl methyl sites for hydroxylation is 2. The Morgan fingerprint density at radius 3 is 1.88 bits per heavy atom. The van der Waals surface area contributed by atoms with Gasteiger partial charge in [0, 0.05) is 9.79 Å². The molecule has 2 aromatic rings. The van der Waals surface area contributed by atoms with Gasteiger partial charge >= 0.3 is 0 Å². The monoisotopic (exact) mass is 262 g/mol. The van der Waals surface area contributed by atoms with Gasteiger partial charge in [-0.15, -0.1) is 25.3 Å². The van der Waals surface area contributed by atoms with Crippen LogP contribution in [-0.4, -0.2) is 0 Å². The van der Waals surface area contributed by atoms with Crippen molar-refractivity contribution >= 4 is 25.3 Å². The van der Waals surface area contributed by atoms with Crippen molar-refractivity contribution in [3.63, 3.8) is 0 Å². The van der Waals surface area contributed by atoms with Gasteiger partial charge in [-0.05, 0) is 61.4 Å². The van der Waals surface area contributed by atoms with E-state index in [1.807, 2.05) is 50.2 Å². The van der Waals surface area contributed by atoms with E-state index in [0.717, 1.165) is 32.4 Å². The fraction of sp³-hybridized carbons (Fsp3) is 0.143. The average molecular weight is 262 g/mol. The first-order valence-corrected chi connectivity index (χ1v) is 6.23. The van der Waals surface area contributed by atoms with Crippen LogP contribution in [0, 0.1) is 13.8 Å². The summed E-state index contributed by atoms with van der Waals surface area (Å²) in [4.78, 5) is 1.94. The minimum atomic E-state index is 0.813. The zero-order valence-corrected chi connectivity index (χ0v) is 11.6. The molecule has 0 bridgehead atoms. The normalized spacial score (nSPS) is 10.4. The maximum atomic E-state index is 5.78. The van der Waals surface area contributed by atoms with Crippen molar-refractivity contribution in [3.8, 4) is 11.5 Å². The van der Waals surface area contributed by atoms with E-state index in [1.54, 1.807) is 0 Å². The second kappa shape index (κ2) is 5.07. The van der Waals surface area contributed by atoms with Crippen LogP contribution in [0.4, 0.5) is 0 Å². The highest BCUT2D eigenvalue weighted by atomic mass is 32.1.